The molecule has 6 nitrogen and oxygen atoms in total. The molecule has 3 rings (SSSR count). The quantitative estimate of drug-likeness (QED) is 0.801. The second-order valence-electron chi connectivity index (χ2n) is 6.82. The highest BCUT2D eigenvalue weighted by molar-refractivity contribution is 7.09. The van der Waals surface area contributed by atoms with E-state index in [4.69, 9.17) is 0 Å². The Morgan fingerprint density at radius 3 is 2.41 bits per heavy atom. The molecule has 144 valence electrons. The van der Waals surface area contributed by atoms with E-state index in [9.17, 15) is 9.59 Å². The molecular weight excluding hydrogens is 360 g/mol. The highest BCUT2D eigenvalue weighted by atomic mass is 32.1. The average Bonchev–Trinajstić information content (AvgIpc) is 3.14. The standard InChI is InChI=1S/C20H26N4O2S/c1-15(20(26)22-18-6-3-5-17(13-18)21-16(2)25)24-10-8-23(9-11-24)14-19-7-4-12-27-19/h3-7,12-13,15H,8-11,14H2,1-2H3,(H,21,25)(H,22,26). The number of carbonyl (C=O) groups is 2. The van der Waals surface area contributed by atoms with E-state index in [1.54, 1.807) is 23.5 Å². The molecule has 27 heavy (non-hydrogen) atoms. The van der Waals surface area contributed by atoms with Crippen molar-refractivity contribution in [2.24, 2.45) is 0 Å². The van der Waals surface area contributed by atoms with Gasteiger partial charge in [0.2, 0.25) is 11.8 Å². The minimum atomic E-state index is -0.196. The normalized spacial score (nSPS) is 16.7. The molecule has 2 aromatic rings. The molecule has 1 aliphatic rings. The van der Waals surface area contributed by atoms with Gasteiger partial charge in [-0.15, -0.1) is 11.3 Å². The Morgan fingerprint density at radius 2 is 1.78 bits per heavy atom. The van der Waals surface area contributed by atoms with Crippen LogP contribution in [0, 0.1) is 0 Å². The second-order valence-corrected chi connectivity index (χ2v) is 7.85. The molecule has 2 heterocycles. The van der Waals surface area contributed by atoms with Crippen molar-refractivity contribution in [3.63, 3.8) is 0 Å². The van der Waals surface area contributed by atoms with Crippen molar-refractivity contribution in [1.82, 2.24) is 9.80 Å². The monoisotopic (exact) mass is 386 g/mol. The number of hydrogen-bond acceptors (Lipinski definition) is 5. The minimum absolute atomic E-state index is 0.0262. The molecule has 2 N–H and O–H groups in total. The lowest BCUT2D eigenvalue weighted by Crippen LogP contribution is -2.52. The first kappa shape index (κ1) is 19.5. The minimum Gasteiger partial charge on any atom is -0.326 e. The van der Waals surface area contributed by atoms with Crippen LogP contribution in [-0.4, -0.2) is 53.8 Å². The van der Waals surface area contributed by atoms with Crippen LogP contribution in [0.2, 0.25) is 0 Å². The number of piperazine rings is 1. The lowest BCUT2D eigenvalue weighted by molar-refractivity contribution is -0.121. The predicted octanol–water partition coefficient (Wildman–Crippen LogP) is 2.85. The predicted molar refractivity (Wildman–Crippen MR) is 110 cm³/mol. The SMILES string of the molecule is CC(=O)Nc1cccc(NC(=O)C(C)N2CCN(Cc3cccs3)CC2)c1. The maximum absolute atomic E-state index is 12.6. The summed E-state index contributed by atoms with van der Waals surface area (Å²) in [6, 6.07) is 11.3. The number of nitrogens with one attached hydrogen (secondary N) is 2. The Morgan fingerprint density at radius 1 is 1.07 bits per heavy atom. The Labute approximate surface area is 164 Å². The Hall–Kier alpha value is -2.22. The van der Waals surface area contributed by atoms with E-state index in [0.29, 0.717) is 11.4 Å². The molecule has 1 fully saturated rings. The number of anilines is 2. The maximum Gasteiger partial charge on any atom is 0.241 e. The molecule has 1 aromatic heterocycles. The number of nitrogens with zero attached hydrogens (tertiary/aromatic N) is 2. The molecule has 1 saturated heterocycles. The molecule has 0 radical (unpaired) electrons. The van der Waals surface area contributed by atoms with Crippen molar-refractivity contribution < 1.29 is 9.59 Å². The van der Waals surface area contributed by atoms with Gasteiger partial charge < -0.3 is 10.6 Å². The molecular formula is C20H26N4O2S. The first-order chi connectivity index (χ1) is 13.0. The van der Waals surface area contributed by atoms with Crippen molar-refractivity contribution >= 4 is 34.5 Å². The van der Waals surface area contributed by atoms with Gasteiger partial charge in [0.25, 0.3) is 0 Å². The van der Waals surface area contributed by atoms with E-state index in [2.05, 4.69) is 37.9 Å². The van der Waals surface area contributed by atoms with Crippen molar-refractivity contribution in [3.8, 4) is 0 Å². The van der Waals surface area contributed by atoms with Crippen molar-refractivity contribution in [2.45, 2.75) is 26.4 Å². The smallest absolute Gasteiger partial charge is 0.241 e. The molecule has 1 aliphatic heterocycles. The molecule has 0 spiro atoms. The van der Waals surface area contributed by atoms with E-state index >= 15 is 0 Å². The van der Waals surface area contributed by atoms with Gasteiger partial charge >= 0.3 is 0 Å². The average molecular weight is 387 g/mol. The number of carbonyl (C=O) groups excluding carboxylic acids is 2. The lowest BCUT2D eigenvalue weighted by atomic mass is 10.2. The number of hydrogen-bond donors (Lipinski definition) is 2. The molecule has 1 unspecified atom stereocenters. The summed E-state index contributed by atoms with van der Waals surface area (Å²) in [4.78, 5) is 29.8. The Kier molecular flexibility index (Phi) is 6.60. The van der Waals surface area contributed by atoms with Crippen LogP contribution in [0.4, 0.5) is 11.4 Å². The third-order valence-electron chi connectivity index (χ3n) is 4.74. The van der Waals surface area contributed by atoms with E-state index in [-0.39, 0.29) is 17.9 Å². The van der Waals surface area contributed by atoms with Crippen molar-refractivity contribution in [2.75, 3.05) is 36.8 Å². The van der Waals surface area contributed by atoms with Crippen LogP contribution in [0.3, 0.4) is 0 Å². The van der Waals surface area contributed by atoms with Crippen LogP contribution in [0.25, 0.3) is 0 Å². The Balaban J connectivity index is 1.50. The van der Waals surface area contributed by atoms with Gasteiger partial charge in [0.15, 0.2) is 0 Å². The summed E-state index contributed by atoms with van der Waals surface area (Å²) in [5, 5.41) is 7.79. The van der Waals surface area contributed by atoms with Crippen LogP contribution in [-0.2, 0) is 16.1 Å². The van der Waals surface area contributed by atoms with Crippen molar-refractivity contribution in [1.29, 1.82) is 0 Å². The second kappa shape index (κ2) is 9.12. The fourth-order valence-corrected chi connectivity index (χ4v) is 3.97. The Bertz CT molecular complexity index is 770. The first-order valence-electron chi connectivity index (χ1n) is 9.18. The van der Waals surface area contributed by atoms with Crippen LogP contribution in [0.1, 0.15) is 18.7 Å². The summed E-state index contributed by atoms with van der Waals surface area (Å²) in [5.41, 5.74) is 1.37. The number of rotatable bonds is 6. The topological polar surface area (TPSA) is 64.7 Å². The van der Waals surface area contributed by atoms with Crippen LogP contribution >= 0.6 is 11.3 Å². The zero-order chi connectivity index (χ0) is 19.2. The summed E-state index contributed by atoms with van der Waals surface area (Å²) >= 11 is 1.79. The van der Waals surface area contributed by atoms with Crippen molar-refractivity contribution in [3.05, 3.63) is 46.7 Å². The summed E-state index contributed by atoms with van der Waals surface area (Å²) in [7, 11) is 0. The fourth-order valence-electron chi connectivity index (χ4n) is 3.22. The van der Waals surface area contributed by atoms with E-state index in [0.717, 1.165) is 32.7 Å². The third-order valence-corrected chi connectivity index (χ3v) is 5.61. The lowest BCUT2D eigenvalue weighted by Gasteiger charge is -2.37. The molecule has 2 amide bonds. The summed E-state index contributed by atoms with van der Waals surface area (Å²) in [5.74, 6) is -0.158. The van der Waals surface area contributed by atoms with E-state index in [1.165, 1.54) is 11.8 Å². The summed E-state index contributed by atoms with van der Waals surface area (Å²) in [6.07, 6.45) is 0. The van der Waals surface area contributed by atoms with Gasteiger partial charge in [0.1, 0.15) is 0 Å². The highest BCUT2D eigenvalue weighted by Crippen LogP contribution is 2.17. The fraction of sp³-hybridized carbons (Fsp3) is 0.400. The van der Waals surface area contributed by atoms with Gasteiger partial charge in [-0.1, -0.05) is 12.1 Å². The largest absolute Gasteiger partial charge is 0.326 e. The molecule has 1 atom stereocenters. The van der Waals surface area contributed by atoms with Crippen LogP contribution in [0.15, 0.2) is 41.8 Å². The van der Waals surface area contributed by atoms with Gasteiger partial charge in [0.05, 0.1) is 6.04 Å². The van der Waals surface area contributed by atoms with E-state index in [1.807, 2.05) is 19.1 Å². The molecule has 7 heteroatoms. The van der Waals surface area contributed by atoms with Gasteiger partial charge in [-0.2, -0.15) is 0 Å². The molecule has 1 aromatic carbocycles. The summed E-state index contributed by atoms with van der Waals surface area (Å²) < 4.78 is 0. The zero-order valence-electron chi connectivity index (χ0n) is 15.8. The first-order valence-corrected chi connectivity index (χ1v) is 10.1. The third kappa shape index (κ3) is 5.63. The number of thiophene rings is 1. The maximum atomic E-state index is 12.6. The van der Waals surface area contributed by atoms with Gasteiger partial charge in [0, 0.05) is 55.9 Å². The molecule has 0 aliphatic carbocycles. The van der Waals surface area contributed by atoms with Gasteiger partial charge in [-0.3, -0.25) is 19.4 Å². The number of amides is 2. The number of benzene rings is 1. The summed E-state index contributed by atoms with van der Waals surface area (Å²) in [6.45, 7) is 8.09. The molecule has 0 bridgehead atoms. The van der Waals surface area contributed by atoms with Crippen LogP contribution in [0.5, 0.6) is 0 Å². The van der Waals surface area contributed by atoms with E-state index < -0.39 is 0 Å². The highest BCUT2D eigenvalue weighted by Gasteiger charge is 2.25. The van der Waals surface area contributed by atoms with Gasteiger partial charge in [-0.25, -0.2) is 0 Å². The molecule has 0 saturated carbocycles. The van der Waals surface area contributed by atoms with Gasteiger partial charge in [-0.05, 0) is 36.6 Å². The zero-order valence-corrected chi connectivity index (χ0v) is 16.6. The van der Waals surface area contributed by atoms with Crippen LogP contribution < -0.4 is 10.6 Å².